The molecule has 0 saturated heterocycles. The number of hydrogen-bond donors (Lipinski definition) is 0. The molecule has 1 atom stereocenters. The summed E-state index contributed by atoms with van der Waals surface area (Å²) in [5, 5.41) is 0. The van der Waals surface area contributed by atoms with E-state index in [1.807, 2.05) is 25.1 Å². The van der Waals surface area contributed by atoms with Crippen LogP contribution in [-0.4, -0.2) is 63.2 Å². The molecule has 0 radical (unpaired) electrons. The predicted molar refractivity (Wildman–Crippen MR) is 109 cm³/mol. The Kier molecular flexibility index (Phi) is 7.14. The van der Waals surface area contributed by atoms with Gasteiger partial charge >= 0.3 is 0 Å². The Hall–Kier alpha value is -2.28. The Morgan fingerprint density at radius 2 is 1.75 bits per heavy atom. The van der Waals surface area contributed by atoms with Crippen LogP contribution in [0.2, 0.25) is 0 Å². The van der Waals surface area contributed by atoms with E-state index in [4.69, 9.17) is 18.9 Å². The summed E-state index contributed by atoms with van der Waals surface area (Å²) in [7, 11) is 4.26. The number of nitrogens with zero attached hydrogens (tertiary/aromatic N) is 2. The molecule has 0 fully saturated rings. The Bertz CT molecular complexity index is 744. The Balaban J connectivity index is 1.48. The molecule has 0 aliphatic carbocycles. The summed E-state index contributed by atoms with van der Waals surface area (Å²) in [4.78, 5) is 4.60. The molecule has 6 nitrogen and oxygen atoms in total. The van der Waals surface area contributed by atoms with E-state index in [9.17, 15) is 0 Å². The second-order valence-corrected chi connectivity index (χ2v) is 7.34. The van der Waals surface area contributed by atoms with E-state index in [-0.39, 0.29) is 12.9 Å². The van der Waals surface area contributed by atoms with Gasteiger partial charge in [0.05, 0.1) is 6.10 Å². The maximum atomic E-state index is 5.51. The van der Waals surface area contributed by atoms with Crippen LogP contribution in [-0.2, 0) is 16.0 Å². The first-order valence-corrected chi connectivity index (χ1v) is 9.57. The molecule has 2 aliphatic rings. The SMILES string of the molecule is C=C1/C=C(CN(C)CCN(C)Cc2ccc3c(c2)OCO3)\C=C/C(C)OCO1. The molecule has 3 rings (SSSR count). The van der Waals surface area contributed by atoms with Gasteiger partial charge in [-0.1, -0.05) is 24.8 Å². The molecule has 0 N–H and O–H groups in total. The first kappa shape index (κ1) is 20.5. The molecule has 1 aromatic carbocycles. The van der Waals surface area contributed by atoms with E-state index in [1.165, 1.54) is 5.56 Å². The van der Waals surface area contributed by atoms with Gasteiger partial charge in [0.25, 0.3) is 0 Å². The van der Waals surface area contributed by atoms with Gasteiger partial charge in [-0.25, -0.2) is 0 Å². The van der Waals surface area contributed by atoms with Crippen LogP contribution in [0.25, 0.3) is 0 Å². The monoisotopic (exact) mass is 386 g/mol. The normalized spacial score (nSPS) is 22.2. The van der Waals surface area contributed by atoms with Gasteiger partial charge in [0.15, 0.2) is 18.3 Å². The number of rotatable bonds is 7. The van der Waals surface area contributed by atoms with Crippen LogP contribution in [0.5, 0.6) is 11.5 Å². The summed E-state index contributed by atoms with van der Waals surface area (Å²) >= 11 is 0. The summed E-state index contributed by atoms with van der Waals surface area (Å²) in [6.45, 7) is 10.1. The lowest BCUT2D eigenvalue weighted by atomic mass is 10.1. The van der Waals surface area contributed by atoms with E-state index >= 15 is 0 Å². The molecule has 152 valence electrons. The molecule has 0 bridgehead atoms. The molecule has 0 saturated carbocycles. The van der Waals surface area contributed by atoms with E-state index < -0.39 is 0 Å². The minimum absolute atomic E-state index is 0.0208. The number of hydrogen-bond acceptors (Lipinski definition) is 6. The summed E-state index contributed by atoms with van der Waals surface area (Å²) in [5.41, 5.74) is 2.38. The summed E-state index contributed by atoms with van der Waals surface area (Å²) in [5.74, 6) is 2.29. The van der Waals surface area contributed by atoms with Crippen LogP contribution >= 0.6 is 0 Å². The van der Waals surface area contributed by atoms with Crippen LogP contribution in [0.1, 0.15) is 12.5 Å². The number of benzene rings is 1. The van der Waals surface area contributed by atoms with Crippen molar-refractivity contribution in [1.82, 2.24) is 9.80 Å². The molecule has 6 heteroatoms. The van der Waals surface area contributed by atoms with Crippen LogP contribution in [0.4, 0.5) is 0 Å². The average Bonchev–Trinajstić information content (AvgIpc) is 3.13. The third-order valence-electron chi connectivity index (χ3n) is 4.71. The molecule has 0 aromatic heterocycles. The molecule has 0 spiro atoms. The lowest BCUT2D eigenvalue weighted by molar-refractivity contribution is -0.0388. The van der Waals surface area contributed by atoms with Gasteiger partial charge in [0, 0.05) is 26.2 Å². The highest BCUT2D eigenvalue weighted by molar-refractivity contribution is 5.44. The fourth-order valence-electron chi connectivity index (χ4n) is 3.09. The van der Waals surface area contributed by atoms with Gasteiger partial charge in [-0.2, -0.15) is 0 Å². The molecule has 1 aromatic rings. The molecule has 1 unspecified atom stereocenters. The maximum Gasteiger partial charge on any atom is 0.231 e. The first-order chi connectivity index (χ1) is 13.5. The van der Waals surface area contributed by atoms with Crippen LogP contribution < -0.4 is 9.47 Å². The molecule has 2 heterocycles. The zero-order valence-corrected chi connectivity index (χ0v) is 17.0. The lowest BCUT2D eigenvalue weighted by Crippen LogP contribution is -2.31. The molecular formula is C22H30N2O4. The smallest absolute Gasteiger partial charge is 0.231 e. The Morgan fingerprint density at radius 3 is 2.57 bits per heavy atom. The maximum absolute atomic E-state index is 5.51. The van der Waals surface area contributed by atoms with Crippen molar-refractivity contribution in [1.29, 1.82) is 0 Å². The minimum Gasteiger partial charge on any atom is -0.468 e. The van der Waals surface area contributed by atoms with E-state index in [0.29, 0.717) is 12.6 Å². The highest BCUT2D eigenvalue weighted by atomic mass is 16.7. The zero-order valence-electron chi connectivity index (χ0n) is 17.0. The first-order valence-electron chi connectivity index (χ1n) is 9.57. The van der Waals surface area contributed by atoms with Gasteiger partial charge in [0.1, 0.15) is 5.76 Å². The Morgan fingerprint density at radius 1 is 1.00 bits per heavy atom. The largest absolute Gasteiger partial charge is 0.468 e. The van der Waals surface area contributed by atoms with Crippen molar-refractivity contribution in [3.63, 3.8) is 0 Å². The average molecular weight is 386 g/mol. The van der Waals surface area contributed by atoms with Crippen molar-refractivity contribution in [2.24, 2.45) is 0 Å². The second kappa shape index (κ2) is 9.78. The van der Waals surface area contributed by atoms with Crippen molar-refractivity contribution >= 4 is 0 Å². The standard InChI is InChI=1S/C22H30N2O4/c1-17-5-6-19(11-18(2)26-15-25-17)13-23(3)9-10-24(4)14-20-7-8-21-22(12-20)28-16-27-21/h5-8,11-12,17H,2,9-10,13-16H2,1,3-4H3/b6-5-,19-11+. The number of fused-ring (bicyclic) bond motifs is 1. The summed E-state index contributed by atoms with van der Waals surface area (Å²) in [6.07, 6.45) is 6.14. The van der Waals surface area contributed by atoms with E-state index in [2.05, 4.69) is 48.7 Å². The van der Waals surface area contributed by atoms with Crippen LogP contribution in [0, 0.1) is 0 Å². The van der Waals surface area contributed by atoms with Gasteiger partial charge in [-0.3, -0.25) is 0 Å². The Labute approximate surface area is 167 Å². The van der Waals surface area contributed by atoms with Crippen molar-refractivity contribution in [3.8, 4) is 11.5 Å². The fraction of sp³-hybridized carbons (Fsp3) is 0.455. The lowest BCUT2D eigenvalue weighted by Gasteiger charge is -2.22. The van der Waals surface area contributed by atoms with Crippen molar-refractivity contribution in [2.45, 2.75) is 19.6 Å². The zero-order chi connectivity index (χ0) is 19.9. The molecule has 28 heavy (non-hydrogen) atoms. The predicted octanol–water partition coefficient (Wildman–Crippen LogP) is 3.17. The van der Waals surface area contributed by atoms with Gasteiger partial charge in [0.2, 0.25) is 6.79 Å². The number of likely N-dealkylation sites (N-methyl/N-ethyl adjacent to an activating group) is 2. The van der Waals surface area contributed by atoms with Crippen molar-refractivity contribution < 1.29 is 18.9 Å². The summed E-state index contributed by atoms with van der Waals surface area (Å²) < 4.78 is 21.8. The minimum atomic E-state index is 0.0208. The number of ether oxygens (including phenoxy) is 4. The third kappa shape index (κ3) is 6.12. The molecular weight excluding hydrogens is 356 g/mol. The second-order valence-electron chi connectivity index (χ2n) is 7.34. The van der Waals surface area contributed by atoms with Gasteiger partial charge < -0.3 is 28.7 Å². The topological polar surface area (TPSA) is 43.4 Å². The van der Waals surface area contributed by atoms with Crippen molar-refractivity contribution in [2.75, 3.05) is 47.3 Å². The molecule has 0 amide bonds. The molecule has 2 aliphatic heterocycles. The van der Waals surface area contributed by atoms with E-state index in [0.717, 1.165) is 43.3 Å². The number of allylic oxidation sites excluding steroid dienone is 1. The van der Waals surface area contributed by atoms with Gasteiger partial charge in [-0.15, -0.1) is 0 Å². The van der Waals surface area contributed by atoms with E-state index in [1.54, 1.807) is 0 Å². The highest BCUT2D eigenvalue weighted by Crippen LogP contribution is 2.32. The van der Waals surface area contributed by atoms with Gasteiger partial charge in [-0.05, 0) is 50.4 Å². The quantitative estimate of drug-likeness (QED) is 0.717. The highest BCUT2D eigenvalue weighted by Gasteiger charge is 2.14. The fourth-order valence-corrected chi connectivity index (χ4v) is 3.09. The third-order valence-corrected chi connectivity index (χ3v) is 4.71. The van der Waals surface area contributed by atoms with Crippen LogP contribution in [0.3, 0.4) is 0 Å². The summed E-state index contributed by atoms with van der Waals surface area (Å²) in [6, 6.07) is 6.13. The van der Waals surface area contributed by atoms with Crippen LogP contribution in [0.15, 0.2) is 54.3 Å². The van der Waals surface area contributed by atoms with Crippen molar-refractivity contribution in [3.05, 3.63) is 59.9 Å².